The quantitative estimate of drug-likeness (QED) is 0.451. The number of morpholine rings is 1. The zero-order valence-electron chi connectivity index (χ0n) is 16.5. The second-order valence-corrected chi connectivity index (χ2v) is 9.93. The predicted octanol–water partition coefficient (Wildman–Crippen LogP) is 4.17. The van der Waals surface area contributed by atoms with E-state index in [9.17, 15) is 8.42 Å². The predicted molar refractivity (Wildman–Crippen MR) is 119 cm³/mol. The Kier molecular flexibility index (Phi) is 5.41. The van der Waals surface area contributed by atoms with Crippen molar-refractivity contribution < 1.29 is 17.9 Å². The Balaban J connectivity index is 1.40. The van der Waals surface area contributed by atoms with Crippen LogP contribution in [-0.4, -0.2) is 49.0 Å². The van der Waals surface area contributed by atoms with Gasteiger partial charge in [-0.1, -0.05) is 30.3 Å². The summed E-state index contributed by atoms with van der Waals surface area (Å²) in [6.45, 7) is 1.55. The summed E-state index contributed by atoms with van der Waals surface area (Å²) in [4.78, 5) is 10.8. The summed E-state index contributed by atoms with van der Waals surface area (Å²) >= 11 is 1.57. The van der Waals surface area contributed by atoms with E-state index in [1.807, 2.05) is 36.4 Å². The van der Waals surface area contributed by atoms with Gasteiger partial charge in [-0.25, -0.2) is 18.4 Å². The van der Waals surface area contributed by atoms with Gasteiger partial charge in [0.05, 0.1) is 23.5 Å². The highest BCUT2D eigenvalue weighted by Gasteiger charge is 2.26. The molecule has 0 spiro atoms. The van der Waals surface area contributed by atoms with E-state index in [1.54, 1.807) is 35.6 Å². The van der Waals surface area contributed by atoms with Gasteiger partial charge < -0.3 is 9.47 Å². The number of hydrogen-bond donors (Lipinski definition) is 0. The minimum atomic E-state index is -3.54. The summed E-state index contributed by atoms with van der Waals surface area (Å²) in [5.74, 6) is 0.945. The molecule has 0 bridgehead atoms. The van der Waals surface area contributed by atoms with Crippen LogP contribution in [0.3, 0.4) is 0 Å². The summed E-state index contributed by atoms with van der Waals surface area (Å²) in [6.07, 6.45) is 1.47. The van der Waals surface area contributed by atoms with Gasteiger partial charge in [0, 0.05) is 18.0 Å². The normalized spacial score (nSPS) is 15.2. The molecule has 0 aliphatic carbocycles. The SMILES string of the molecule is O=S(=O)(c1ccc(Oc2ncnc3sc(-c4ccccc4)cc23)cc1)N1CCOCC1. The maximum atomic E-state index is 12.8. The second-order valence-electron chi connectivity index (χ2n) is 6.96. The van der Waals surface area contributed by atoms with Gasteiger partial charge in [-0.05, 0) is 35.9 Å². The number of sulfonamides is 1. The van der Waals surface area contributed by atoms with Crippen LogP contribution in [0, 0.1) is 0 Å². The van der Waals surface area contributed by atoms with Gasteiger partial charge in [0.2, 0.25) is 15.9 Å². The number of fused-ring (bicyclic) bond motifs is 1. The van der Waals surface area contributed by atoms with Crippen molar-refractivity contribution in [3.8, 4) is 22.1 Å². The highest BCUT2D eigenvalue weighted by Crippen LogP contribution is 2.37. The molecule has 2 aromatic heterocycles. The fourth-order valence-corrected chi connectivity index (χ4v) is 5.79. The number of nitrogens with zero attached hydrogens (tertiary/aromatic N) is 3. The molecule has 0 saturated carbocycles. The molecule has 0 unspecified atom stereocenters. The van der Waals surface area contributed by atoms with Gasteiger partial charge in [0.1, 0.15) is 16.9 Å². The molecule has 5 rings (SSSR count). The first kappa shape index (κ1) is 20.1. The molecule has 4 aromatic rings. The molecule has 1 fully saturated rings. The number of hydrogen-bond acceptors (Lipinski definition) is 7. The van der Waals surface area contributed by atoms with Gasteiger partial charge in [-0.2, -0.15) is 4.31 Å². The molecule has 9 heteroatoms. The molecule has 2 aromatic carbocycles. The van der Waals surface area contributed by atoms with E-state index in [-0.39, 0.29) is 4.90 Å². The monoisotopic (exact) mass is 453 g/mol. The Bertz CT molecular complexity index is 1300. The fourth-order valence-electron chi connectivity index (χ4n) is 3.39. The fraction of sp³-hybridized carbons (Fsp3) is 0.182. The molecule has 0 amide bonds. The molecule has 1 aliphatic heterocycles. The summed E-state index contributed by atoms with van der Waals surface area (Å²) in [7, 11) is -3.54. The first-order chi connectivity index (χ1) is 15.1. The van der Waals surface area contributed by atoms with E-state index in [2.05, 4.69) is 9.97 Å². The number of rotatable bonds is 5. The van der Waals surface area contributed by atoms with Gasteiger partial charge in [-0.15, -0.1) is 11.3 Å². The summed E-state index contributed by atoms with van der Waals surface area (Å²) in [5.41, 5.74) is 1.11. The maximum Gasteiger partial charge on any atom is 0.243 e. The molecule has 1 saturated heterocycles. The van der Waals surface area contributed by atoms with Gasteiger partial charge in [0.15, 0.2) is 0 Å². The second kappa shape index (κ2) is 8.35. The first-order valence-corrected chi connectivity index (χ1v) is 12.0. The average Bonchev–Trinajstić information content (AvgIpc) is 3.26. The molecular formula is C22H19N3O4S2. The molecular weight excluding hydrogens is 434 g/mol. The van der Waals surface area contributed by atoms with Crippen LogP contribution in [0.1, 0.15) is 0 Å². The zero-order valence-corrected chi connectivity index (χ0v) is 18.1. The van der Waals surface area contributed by atoms with E-state index in [1.165, 1.54) is 10.6 Å². The highest BCUT2D eigenvalue weighted by atomic mass is 32.2. The summed E-state index contributed by atoms with van der Waals surface area (Å²) in [5, 5.41) is 0.816. The minimum absolute atomic E-state index is 0.233. The van der Waals surface area contributed by atoms with Crippen molar-refractivity contribution in [1.29, 1.82) is 0 Å². The lowest BCUT2D eigenvalue weighted by atomic mass is 10.2. The topological polar surface area (TPSA) is 81.6 Å². The number of aromatic nitrogens is 2. The Labute approximate surface area is 184 Å². The van der Waals surface area contributed by atoms with Crippen molar-refractivity contribution in [1.82, 2.24) is 14.3 Å². The van der Waals surface area contributed by atoms with Crippen molar-refractivity contribution in [2.75, 3.05) is 26.3 Å². The molecule has 0 atom stereocenters. The van der Waals surface area contributed by atoms with Crippen LogP contribution in [-0.2, 0) is 14.8 Å². The first-order valence-electron chi connectivity index (χ1n) is 9.77. The molecule has 31 heavy (non-hydrogen) atoms. The molecule has 0 radical (unpaired) electrons. The van der Waals surface area contributed by atoms with Crippen LogP contribution in [0.5, 0.6) is 11.6 Å². The lowest BCUT2D eigenvalue weighted by molar-refractivity contribution is 0.0730. The van der Waals surface area contributed by atoms with Gasteiger partial charge in [-0.3, -0.25) is 0 Å². The Morgan fingerprint density at radius 3 is 2.45 bits per heavy atom. The van der Waals surface area contributed by atoms with Crippen LogP contribution in [0.4, 0.5) is 0 Å². The lowest BCUT2D eigenvalue weighted by Crippen LogP contribution is -2.40. The molecule has 7 nitrogen and oxygen atoms in total. The van der Waals surface area contributed by atoms with Crippen molar-refractivity contribution in [3.63, 3.8) is 0 Å². The summed E-state index contributed by atoms with van der Waals surface area (Å²) < 4.78 is 38.2. The van der Waals surface area contributed by atoms with Crippen molar-refractivity contribution in [2.24, 2.45) is 0 Å². The standard InChI is InChI=1S/C22H19N3O4S2/c26-31(27,25-10-12-28-13-11-25)18-8-6-17(7-9-18)29-21-19-14-20(16-4-2-1-3-5-16)30-22(19)24-15-23-21/h1-9,14-15H,10-13H2. The molecule has 3 heterocycles. The highest BCUT2D eigenvalue weighted by molar-refractivity contribution is 7.89. The van der Waals surface area contributed by atoms with E-state index in [4.69, 9.17) is 9.47 Å². The van der Waals surface area contributed by atoms with E-state index in [0.717, 1.165) is 20.7 Å². The third kappa shape index (κ3) is 4.05. The van der Waals surface area contributed by atoms with Crippen molar-refractivity contribution in [2.45, 2.75) is 4.90 Å². The zero-order chi connectivity index (χ0) is 21.3. The van der Waals surface area contributed by atoms with E-state index in [0.29, 0.717) is 37.9 Å². The van der Waals surface area contributed by atoms with E-state index < -0.39 is 10.0 Å². The maximum absolute atomic E-state index is 12.8. The van der Waals surface area contributed by atoms with Crippen molar-refractivity contribution in [3.05, 3.63) is 67.0 Å². The number of thiophene rings is 1. The van der Waals surface area contributed by atoms with Crippen LogP contribution in [0.25, 0.3) is 20.7 Å². The van der Waals surface area contributed by atoms with Gasteiger partial charge >= 0.3 is 0 Å². The largest absolute Gasteiger partial charge is 0.438 e. The summed E-state index contributed by atoms with van der Waals surface area (Å²) in [6, 6.07) is 18.5. The van der Waals surface area contributed by atoms with Crippen molar-refractivity contribution >= 4 is 31.6 Å². The Morgan fingerprint density at radius 1 is 0.968 bits per heavy atom. The van der Waals surface area contributed by atoms with E-state index >= 15 is 0 Å². The molecule has 0 N–H and O–H groups in total. The van der Waals surface area contributed by atoms with Crippen LogP contribution >= 0.6 is 11.3 Å². The third-order valence-corrected chi connectivity index (χ3v) is 8.00. The van der Waals surface area contributed by atoms with Crippen LogP contribution < -0.4 is 4.74 Å². The minimum Gasteiger partial charge on any atom is -0.438 e. The Morgan fingerprint density at radius 2 is 1.71 bits per heavy atom. The lowest BCUT2D eigenvalue weighted by Gasteiger charge is -2.26. The number of benzene rings is 2. The van der Waals surface area contributed by atoms with Crippen LogP contribution in [0.2, 0.25) is 0 Å². The smallest absolute Gasteiger partial charge is 0.243 e. The number of ether oxygens (including phenoxy) is 2. The molecule has 1 aliphatic rings. The van der Waals surface area contributed by atoms with Crippen LogP contribution in [0.15, 0.2) is 71.9 Å². The molecule has 158 valence electrons. The Hall–Kier alpha value is -2.85. The average molecular weight is 454 g/mol. The third-order valence-electron chi connectivity index (χ3n) is 5.00. The van der Waals surface area contributed by atoms with Gasteiger partial charge in [0.25, 0.3) is 0 Å².